The van der Waals surface area contributed by atoms with Crippen molar-refractivity contribution in [2.75, 3.05) is 28.2 Å². The Balaban J connectivity index is 1.40. The predicted octanol–water partition coefficient (Wildman–Crippen LogP) is 6.65. The van der Waals surface area contributed by atoms with Gasteiger partial charge in [0.25, 0.3) is 0 Å². The Morgan fingerprint density at radius 3 is 2.62 bits per heavy atom. The van der Waals surface area contributed by atoms with Crippen molar-refractivity contribution >= 4 is 71.3 Å². The van der Waals surface area contributed by atoms with Crippen LogP contribution in [0.5, 0.6) is 11.5 Å². The first-order chi connectivity index (χ1) is 18.8. The van der Waals surface area contributed by atoms with Crippen LogP contribution in [0, 0.1) is 5.82 Å². The van der Waals surface area contributed by atoms with Crippen LogP contribution in [0.15, 0.2) is 60.9 Å². The third kappa shape index (κ3) is 6.63. The number of halogens is 2. The van der Waals surface area contributed by atoms with E-state index in [-0.39, 0.29) is 12.4 Å². The Morgan fingerprint density at radius 2 is 1.87 bits per heavy atom. The molecule has 1 saturated heterocycles. The molecule has 0 saturated carbocycles. The standard InChI is InChI=1S/C26H24ClFN4O4S3/c1-2-35-25-11-22-20(10-23(25)32-39(33,34)19-13-37-38-14-19)26(30-15-29-22)31-18-6-7-24(21(27)9-18)36-12-16-4-3-5-17(28)8-16/h3-11,15,19,32H,2,12-14H2,1H3,(H,29,30,31). The van der Waals surface area contributed by atoms with Crippen molar-refractivity contribution in [3.05, 3.63) is 77.3 Å². The van der Waals surface area contributed by atoms with Gasteiger partial charge in [0.2, 0.25) is 10.0 Å². The number of hydrogen-bond acceptors (Lipinski definition) is 9. The zero-order valence-corrected chi connectivity index (χ0v) is 23.9. The van der Waals surface area contributed by atoms with E-state index >= 15 is 0 Å². The summed E-state index contributed by atoms with van der Waals surface area (Å²) in [7, 11) is -0.525. The summed E-state index contributed by atoms with van der Waals surface area (Å²) >= 11 is 6.46. The zero-order chi connectivity index (χ0) is 27.4. The maximum atomic E-state index is 13.4. The average molecular weight is 607 g/mol. The Hall–Kier alpha value is -2.93. The lowest BCUT2D eigenvalue weighted by atomic mass is 10.2. The van der Waals surface area contributed by atoms with E-state index in [0.717, 1.165) is 0 Å². The molecule has 2 N–H and O–H groups in total. The van der Waals surface area contributed by atoms with Crippen LogP contribution in [0.1, 0.15) is 12.5 Å². The fourth-order valence-corrected chi connectivity index (χ4v) is 9.54. The van der Waals surface area contributed by atoms with Crippen LogP contribution in [0.4, 0.5) is 21.6 Å². The van der Waals surface area contributed by atoms with Crippen LogP contribution >= 0.6 is 33.2 Å². The lowest BCUT2D eigenvalue weighted by Crippen LogP contribution is -2.29. The number of anilines is 3. The van der Waals surface area contributed by atoms with Crippen molar-refractivity contribution in [2.24, 2.45) is 0 Å². The summed E-state index contributed by atoms with van der Waals surface area (Å²) in [5.41, 5.74) is 2.22. The Kier molecular flexibility index (Phi) is 8.55. The molecule has 0 aliphatic carbocycles. The highest BCUT2D eigenvalue weighted by Crippen LogP contribution is 2.38. The average Bonchev–Trinajstić information content (AvgIpc) is 3.46. The third-order valence-corrected chi connectivity index (χ3v) is 10.8. The van der Waals surface area contributed by atoms with E-state index in [9.17, 15) is 12.8 Å². The number of benzene rings is 3. The second-order valence-electron chi connectivity index (χ2n) is 8.55. The number of ether oxygens (including phenoxy) is 2. The Bertz CT molecular complexity index is 1600. The zero-order valence-electron chi connectivity index (χ0n) is 20.7. The molecule has 204 valence electrons. The molecule has 8 nitrogen and oxygen atoms in total. The maximum absolute atomic E-state index is 13.4. The van der Waals surface area contributed by atoms with Gasteiger partial charge in [-0.05, 0) is 48.9 Å². The number of rotatable bonds is 10. The molecule has 0 bridgehead atoms. The molecule has 1 fully saturated rings. The van der Waals surface area contributed by atoms with Crippen LogP contribution in [-0.4, -0.2) is 41.7 Å². The summed E-state index contributed by atoms with van der Waals surface area (Å²) in [6.45, 7) is 2.35. The van der Waals surface area contributed by atoms with Gasteiger partial charge < -0.3 is 14.8 Å². The van der Waals surface area contributed by atoms with Gasteiger partial charge in [-0.2, -0.15) is 0 Å². The fraction of sp³-hybridized carbons (Fsp3) is 0.231. The van der Waals surface area contributed by atoms with Crippen molar-refractivity contribution in [3.63, 3.8) is 0 Å². The molecule has 4 aromatic rings. The third-order valence-electron chi connectivity index (χ3n) is 5.80. The fourth-order valence-electron chi connectivity index (χ4n) is 3.87. The van der Waals surface area contributed by atoms with Gasteiger partial charge in [-0.25, -0.2) is 22.8 Å². The van der Waals surface area contributed by atoms with Crippen LogP contribution in [0.3, 0.4) is 0 Å². The SMILES string of the molecule is CCOc1cc2ncnc(Nc3ccc(OCc4cccc(F)c4)c(Cl)c3)c2cc1NS(=O)(=O)C1CSSC1. The Labute approximate surface area is 238 Å². The lowest BCUT2D eigenvalue weighted by Gasteiger charge is -2.17. The van der Waals surface area contributed by atoms with Crippen LogP contribution < -0.4 is 19.5 Å². The molecule has 5 rings (SSSR count). The molecule has 39 heavy (non-hydrogen) atoms. The Morgan fingerprint density at radius 1 is 1.05 bits per heavy atom. The molecule has 0 unspecified atom stereocenters. The quantitative estimate of drug-likeness (QED) is 0.192. The lowest BCUT2D eigenvalue weighted by molar-refractivity contribution is 0.306. The van der Waals surface area contributed by atoms with E-state index in [0.29, 0.717) is 68.3 Å². The number of fused-ring (bicyclic) bond motifs is 1. The van der Waals surface area contributed by atoms with E-state index in [1.165, 1.54) is 18.5 Å². The largest absolute Gasteiger partial charge is 0.492 e. The van der Waals surface area contributed by atoms with Gasteiger partial charge in [0.1, 0.15) is 41.3 Å². The summed E-state index contributed by atoms with van der Waals surface area (Å²) in [6, 6.07) is 14.7. The molecule has 13 heteroatoms. The van der Waals surface area contributed by atoms with Crippen LogP contribution in [0.25, 0.3) is 10.9 Å². The van der Waals surface area contributed by atoms with Gasteiger partial charge in [0.05, 0.1) is 22.8 Å². The minimum atomic E-state index is -3.62. The maximum Gasteiger partial charge on any atom is 0.237 e. The molecule has 1 aliphatic heterocycles. The normalized spacial score (nSPS) is 13.9. The van der Waals surface area contributed by atoms with E-state index < -0.39 is 15.3 Å². The first-order valence-electron chi connectivity index (χ1n) is 11.9. The summed E-state index contributed by atoms with van der Waals surface area (Å²) in [4.78, 5) is 8.72. The minimum absolute atomic E-state index is 0.167. The van der Waals surface area contributed by atoms with Crippen LogP contribution in [0.2, 0.25) is 5.02 Å². The molecule has 1 aliphatic rings. The molecule has 2 heterocycles. The van der Waals surface area contributed by atoms with Gasteiger partial charge in [0, 0.05) is 28.6 Å². The van der Waals surface area contributed by atoms with Crippen molar-refractivity contribution in [2.45, 2.75) is 18.8 Å². The van der Waals surface area contributed by atoms with Gasteiger partial charge >= 0.3 is 0 Å². The van der Waals surface area contributed by atoms with E-state index in [1.807, 2.05) is 6.92 Å². The number of aromatic nitrogens is 2. The van der Waals surface area contributed by atoms with E-state index in [1.54, 1.807) is 64.1 Å². The van der Waals surface area contributed by atoms with Crippen molar-refractivity contribution in [1.82, 2.24) is 9.97 Å². The monoisotopic (exact) mass is 606 g/mol. The van der Waals surface area contributed by atoms with E-state index in [2.05, 4.69) is 20.0 Å². The van der Waals surface area contributed by atoms with Crippen molar-refractivity contribution in [3.8, 4) is 11.5 Å². The van der Waals surface area contributed by atoms with Gasteiger partial charge in [0.15, 0.2) is 0 Å². The number of sulfonamides is 1. The molecule has 3 aromatic carbocycles. The van der Waals surface area contributed by atoms with Crippen LogP contribution in [-0.2, 0) is 16.6 Å². The topological polar surface area (TPSA) is 102 Å². The van der Waals surface area contributed by atoms with Gasteiger partial charge in [-0.15, -0.1) is 0 Å². The first kappa shape index (κ1) is 27.6. The summed E-state index contributed by atoms with van der Waals surface area (Å²) < 4.78 is 53.7. The van der Waals surface area contributed by atoms with Crippen molar-refractivity contribution < 1.29 is 22.3 Å². The van der Waals surface area contributed by atoms with E-state index in [4.69, 9.17) is 21.1 Å². The predicted molar refractivity (Wildman–Crippen MR) is 157 cm³/mol. The summed E-state index contributed by atoms with van der Waals surface area (Å²) in [6.07, 6.45) is 1.41. The molecule has 0 radical (unpaired) electrons. The highest BCUT2D eigenvalue weighted by molar-refractivity contribution is 8.77. The molecule has 1 aromatic heterocycles. The number of nitrogens with zero attached hydrogens (tertiary/aromatic N) is 2. The molecule has 0 spiro atoms. The smallest absolute Gasteiger partial charge is 0.237 e. The van der Waals surface area contributed by atoms with Gasteiger partial charge in [-0.1, -0.05) is 45.3 Å². The highest BCUT2D eigenvalue weighted by Gasteiger charge is 2.31. The molecular formula is C26H24ClFN4O4S3. The molecule has 0 amide bonds. The minimum Gasteiger partial charge on any atom is -0.492 e. The summed E-state index contributed by atoms with van der Waals surface area (Å²) in [5.74, 6) is 2.01. The second kappa shape index (κ2) is 12.1. The second-order valence-corrected chi connectivity index (χ2v) is 13.5. The van der Waals surface area contributed by atoms with Gasteiger partial charge in [-0.3, -0.25) is 4.72 Å². The first-order valence-corrected chi connectivity index (χ1v) is 16.3. The summed E-state index contributed by atoms with van der Waals surface area (Å²) in [5, 5.41) is 3.68. The van der Waals surface area contributed by atoms with Crippen molar-refractivity contribution in [1.29, 1.82) is 0 Å². The number of hydrogen-bond donors (Lipinski definition) is 2. The number of nitrogens with one attached hydrogen (secondary N) is 2. The molecule has 0 atom stereocenters. The highest BCUT2D eigenvalue weighted by atomic mass is 35.5. The molecular weight excluding hydrogens is 583 g/mol.